The van der Waals surface area contributed by atoms with Gasteiger partial charge >= 0.3 is 5.97 Å². The second-order valence-corrected chi connectivity index (χ2v) is 11.0. The Labute approximate surface area is 246 Å². The van der Waals surface area contributed by atoms with Crippen LogP contribution in [0, 0.1) is 0 Å². The van der Waals surface area contributed by atoms with Gasteiger partial charge in [-0.2, -0.15) is 0 Å². The Morgan fingerprint density at radius 3 is 2.71 bits per heavy atom. The number of halogens is 2. The first kappa shape index (κ1) is 27.3. The van der Waals surface area contributed by atoms with E-state index in [1.807, 2.05) is 25.2 Å². The van der Waals surface area contributed by atoms with E-state index in [9.17, 15) is 14.7 Å². The van der Waals surface area contributed by atoms with Gasteiger partial charge in [-0.05, 0) is 56.3 Å². The quantitative estimate of drug-likeness (QED) is 0.309. The zero-order valence-corrected chi connectivity index (χ0v) is 23.8. The van der Waals surface area contributed by atoms with Crippen LogP contribution < -0.4 is 25.3 Å². The molecule has 0 aliphatic carbocycles. The molecule has 0 unspecified atom stereocenters. The van der Waals surface area contributed by atoms with Gasteiger partial charge in [-0.25, -0.2) is 14.8 Å². The number of nitrogens with one attached hydrogen (secondary N) is 1. The standard InChI is InChI=1S/C29H28Cl2N6O4/c1-32-17-13-35(14-17)26-7-6-18(12-34-26)37-15-21(29(39)40)27(38)20-10-23(31)25(11-24(20)37)36-9-3-4-19(36)16-41-28-22(30)5-2-8-33-28/h2,5-8,10-12,15,17,19,32H,3-4,9,13-14,16H2,1H3,(H,39,40)/t19-/m1/s1. The molecule has 0 amide bonds. The molecule has 3 aromatic heterocycles. The Balaban J connectivity index is 1.38. The molecule has 0 saturated carbocycles. The van der Waals surface area contributed by atoms with E-state index in [0.29, 0.717) is 39.8 Å². The van der Waals surface area contributed by atoms with E-state index in [2.05, 4.69) is 25.1 Å². The van der Waals surface area contributed by atoms with E-state index in [1.54, 1.807) is 35.2 Å². The third-order valence-corrected chi connectivity index (χ3v) is 8.34. The Morgan fingerprint density at radius 2 is 2.00 bits per heavy atom. The zero-order valence-electron chi connectivity index (χ0n) is 22.3. The van der Waals surface area contributed by atoms with Gasteiger partial charge in [-0.3, -0.25) is 4.79 Å². The summed E-state index contributed by atoms with van der Waals surface area (Å²) in [5.41, 5.74) is 0.965. The smallest absolute Gasteiger partial charge is 0.341 e. The van der Waals surface area contributed by atoms with E-state index >= 15 is 0 Å². The van der Waals surface area contributed by atoms with Crippen LogP contribution in [-0.4, -0.2) is 71.0 Å². The lowest BCUT2D eigenvalue weighted by Gasteiger charge is -2.39. The van der Waals surface area contributed by atoms with Gasteiger partial charge in [0.15, 0.2) is 0 Å². The maximum atomic E-state index is 13.2. The van der Waals surface area contributed by atoms with E-state index in [-0.39, 0.29) is 17.0 Å². The fourth-order valence-corrected chi connectivity index (χ4v) is 5.90. The largest absolute Gasteiger partial charge is 0.477 e. The molecule has 2 fully saturated rings. The zero-order chi connectivity index (χ0) is 28.7. The highest BCUT2D eigenvalue weighted by molar-refractivity contribution is 6.34. The van der Waals surface area contributed by atoms with Crippen molar-refractivity contribution in [1.29, 1.82) is 0 Å². The molecule has 0 bridgehead atoms. The minimum atomic E-state index is -1.31. The Kier molecular flexibility index (Phi) is 7.46. The predicted octanol–water partition coefficient (Wildman–Crippen LogP) is 4.24. The molecule has 2 N–H and O–H groups in total. The third kappa shape index (κ3) is 5.18. The van der Waals surface area contributed by atoms with Crippen LogP contribution in [0.25, 0.3) is 16.6 Å². The van der Waals surface area contributed by atoms with E-state index in [1.165, 1.54) is 6.20 Å². The molecular formula is C29H28Cl2N6O4. The molecule has 12 heteroatoms. The van der Waals surface area contributed by atoms with Crippen LogP contribution in [-0.2, 0) is 0 Å². The first-order chi connectivity index (χ1) is 19.8. The van der Waals surface area contributed by atoms with Crippen LogP contribution in [0.5, 0.6) is 5.88 Å². The number of fused-ring (bicyclic) bond motifs is 1. The summed E-state index contributed by atoms with van der Waals surface area (Å²) in [5.74, 6) is -0.101. The van der Waals surface area contributed by atoms with Gasteiger partial charge < -0.3 is 29.5 Å². The number of nitrogens with zero attached hydrogens (tertiary/aromatic N) is 5. The van der Waals surface area contributed by atoms with Crippen LogP contribution >= 0.6 is 23.2 Å². The van der Waals surface area contributed by atoms with Crippen molar-refractivity contribution in [2.24, 2.45) is 0 Å². The molecule has 10 nitrogen and oxygen atoms in total. The number of aromatic nitrogens is 3. The molecule has 1 atom stereocenters. The van der Waals surface area contributed by atoms with Crippen LogP contribution in [0.15, 0.2) is 59.8 Å². The molecule has 6 rings (SSSR count). The summed E-state index contributed by atoms with van der Waals surface area (Å²) in [5, 5.41) is 14.1. The maximum absolute atomic E-state index is 13.2. The lowest BCUT2D eigenvalue weighted by molar-refractivity contribution is 0.0695. The highest BCUT2D eigenvalue weighted by Gasteiger charge is 2.29. The summed E-state index contributed by atoms with van der Waals surface area (Å²) in [6, 6.07) is 11.1. The molecule has 4 aromatic rings. The summed E-state index contributed by atoms with van der Waals surface area (Å²) >= 11 is 13.0. The lowest BCUT2D eigenvalue weighted by Crippen LogP contribution is -2.57. The lowest BCUT2D eigenvalue weighted by atomic mass is 10.1. The Morgan fingerprint density at radius 1 is 1.17 bits per heavy atom. The van der Waals surface area contributed by atoms with Crippen molar-refractivity contribution >= 4 is 51.6 Å². The topological polar surface area (TPSA) is 113 Å². The Hall–Kier alpha value is -3.86. The number of aromatic carboxylic acids is 1. The van der Waals surface area contributed by atoms with Crippen LogP contribution in [0.3, 0.4) is 0 Å². The number of anilines is 2. The number of carbonyl (C=O) groups is 1. The van der Waals surface area contributed by atoms with Crippen molar-refractivity contribution in [3.8, 4) is 11.6 Å². The molecule has 41 heavy (non-hydrogen) atoms. The van der Waals surface area contributed by atoms with Gasteiger partial charge in [0.1, 0.15) is 23.0 Å². The van der Waals surface area contributed by atoms with Crippen molar-refractivity contribution < 1.29 is 14.6 Å². The first-order valence-corrected chi connectivity index (χ1v) is 14.1. The highest BCUT2D eigenvalue weighted by Crippen LogP contribution is 2.36. The molecular weight excluding hydrogens is 567 g/mol. The molecule has 0 spiro atoms. The molecule has 2 aliphatic heterocycles. The number of benzene rings is 1. The number of pyridine rings is 3. The highest BCUT2D eigenvalue weighted by atomic mass is 35.5. The summed E-state index contributed by atoms with van der Waals surface area (Å²) in [6.45, 7) is 2.82. The number of hydrogen-bond acceptors (Lipinski definition) is 8. The first-order valence-electron chi connectivity index (χ1n) is 13.3. The number of likely N-dealkylation sites (N-methyl/N-ethyl adjacent to an activating group) is 1. The predicted molar refractivity (Wildman–Crippen MR) is 159 cm³/mol. The summed E-state index contributed by atoms with van der Waals surface area (Å²) in [7, 11) is 1.94. The summed E-state index contributed by atoms with van der Waals surface area (Å²) in [6.07, 6.45) is 6.48. The van der Waals surface area contributed by atoms with Gasteiger partial charge in [0.25, 0.3) is 0 Å². The molecule has 5 heterocycles. The minimum Gasteiger partial charge on any atom is -0.477 e. The van der Waals surface area contributed by atoms with Gasteiger partial charge in [-0.1, -0.05) is 23.2 Å². The van der Waals surface area contributed by atoms with E-state index in [0.717, 1.165) is 44.0 Å². The second-order valence-electron chi connectivity index (χ2n) is 10.2. The van der Waals surface area contributed by atoms with Crippen LogP contribution in [0.2, 0.25) is 10.0 Å². The second kappa shape index (κ2) is 11.2. The SMILES string of the molecule is CNC1CN(c2ccc(-n3cc(C(=O)O)c(=O)c4cc(Cl)c(N5CCC[C@@H]5COc5ncccc5Cl)cc43)cn2)C1. The number of ether oxygens (including phenoxy) is 1. The number of hydrogen-bond donors (Lipinski definition) is 2. The van der Waals surface area contributed by atoms with Gasteiger partial charge in [0.2, 0.25) is 11.3 Å². The molecule has 1 aromatic carbocycles. The summed E-state index contributed by atoms with van der Waals surface area (Å²) in [4.78, 5) is 38.4. The van der Waals surface area contributed by atoms with Crippen molar-refractivity contribution in [1.82, 2.24) is 19.9 Å². The van der Waals surface area contributed by atoms with Gasteiger partial charge in [-0.15, -0.1) is 0 Å². The Bertz CT molecular complexity index is 1670. The number of carboxylic acids is 1. The van der Waals surface area contributed by atoms with Crippen molar-refractivity contribution in [2.45, 2.75) is 24.9 Å². The van der Waals surface area contributed by atoms with E-state index in [4.69, 9.17) is 27.9 Å². The molecule has 2 saturated heterocycles. The molecule has 0 radical (unpaired) electrons. The average Bonchev–Trinajstić information content (AvgIpc) is 3.41. The van der Waals surface area contributed by atoms with Crippen molar-refractivity contribution in [3.63, 3.8) is 0 Å². The average molecular weight is 595 g/mol. The number of rotatable bonds is 8. The van der Waals surface area contributed by atoms with Gasteiger partial charge in [0.05, 0.1) is 34.2 Å². The molecule has 2 aliphatic rings. The van der Waals surface area contributed by atoms with E-state index < -0.39 is 11.4 Å². The van der Waals surface area contributed by atoms with Gasteiger partial charge in [0, 0.05) is 43.5 Å². The van der Waals surface area contributed by atoms with Crippen molar-refractivity contribution in [3.05, 3.63) is 80.8 Å². The fourth-order valence-electron chi connectivity index (χ4n) is 5.46. The van der Waals surface area contributed by atoms with Crippen molar-refractivity contribution in [2.75, 3.05) is 43.1 Å². The minimum absolute atomic E-state index is 0.000371. The molecule has 212 valence electrons. The third-order valence-electron chi connectivity index (χ3n) is 7.75. The fraction of sp³-hybridized carbons (Fsp3) is 0.310. The van der Waals surface area contributed by atoms with Crippen LogP contribution in [0.4, 0.5) is 11.5 Å². The maximum Gasteiger partial charge on any atom is 0.341 e. The summed E-state index contributed by atoms with van der Waals surface area (Å²) < 4.78 is 7.64. The van der Waals surface area contributed by atoms with Crippen LogP contribution in [0.1, 0.15) is 23.2 Å². The normalized spacial score (nSPS) is 17.2. The monoisotopic (exact) mass is 594 g/mol. The number of carboxylic acid groups (broad SMARTS) is 1.